The molecular weight excluding hydrogens is 284 g/mol. The minimum Gasteiger partial charge on any atom is -0.351 e. The number of carbonyl (C=O) groups is 2. The molecule has 1 aliphatic heterocycles. The van der Waals surface area contributed by atoms with Gasteiger partial charge in [-0.2, -0.15) is 0 Å². The molecule has 2 aromatic heterocycles. The van der Waals surface area contributed by atoms with Crippen LogP contribution in [0.15, 0.2) is 24.5 Å². The minimum atomic E-state index is -0.437. The second-order valence-corrected chi connectivity index (χ2v) is 5.29. The fourth-order valence-corrected chi connectivity index (χ4v) is 2.54. The Hall–Kier alpha value is -2.77. The SMILES string of the molecule is Cn1cccc1C(=O)NCc1cn2c(n1)CN(C(N)=O)CC2. The topological polar surface area (TPSA) is 98.2 Å². The Balaban J connectivity index is 1.64. The Morgan fingerprint density at radius 3 is 2.91 bits per heavy atom. The van der Waals surface area contributed by atoms with Gasteiger partial charge in [0.15, 0.2) is 0 Å². The van der Waals surface area contributed by atoms with E-state index in [1.807, 2.05) is 30.1 Å². The van der Waals surface area contributed by atoms with E-state index in [0.29, 0.717) is 31.9 Å². The van der Waals surface area contributed by atoms with Crippen molar-refractivity contribution in [3.05, 3.63) is 41.7 Å². The molecule has 0 bridgehead atoms. The van der Waals surface area contributed by atoms with E-state index in [0.717, 1.165) is 11.5 Å². The van der Waals surface area contributed by atoms with Crippen LogP contribution in [-0.4, -0.2) is 37.5 Å². The van der Waals surface area contributed by atoms with Crippen LogP contribution in [0.5, 0.6) is 0 Å². The molecule has 3 N–H and O–H groups in total. The number of nitrogens with two attached hydrogens (primary N) is 1. The van der Waals surface area contributed by atoms with Gasteiger partial charge in [-0.05, 0) is 12.1 Å². The van der Waals surface area contributed by atoms with Gasteiger partial charge in [-0.25, -0.2) is 9.78 Å². The highest BCUT2D eigenvalue weighted by Gasteiger charge is 2.20. The molecule has 3 heterocycles. The summed E-state index contributed by atoms with van der Waals surface area (Å²) >= 11 is 0. The minimum absolute atomic E-state index is 0.141. The summed E-state index contributed by atoms with van der Waals surface area (Å²) in [5, 5.41) is 2.84. The van der Waals surface area contributed by atoms with Gasteiger partial charge in [0.05, 0.1) is 18.8 Å². The highest BCUT2D eigenvalue weighted by Crippen LogP contribution is 2.12. The van der Waals surface area contributed by atoms with Gasteiger partial charge in [0.1, 0.15) is 11.5 Å². The van der Waals surface area contributed by atoms with Crippen LogP contribution in [0.4, 0.5) is 4.79 Å². The molecule has 0 aromatic carbocycles. The molecule has 8 nitrogen and oxygen atoms in total. The Morgan fingerprint density at radius 2 is 2.23 bits per heavy atom. The summed E-state index contributed by atoms with van der Waals surface area (Å²) < 4.78 is 3.75. The molecule has 1 aliphatic rings. The first-order valence-corrected chi connectivity index (χ1v) is 7.03. The van der Waals surface area contributed by atoms with Crippen LogP contribution in [0, 0.1) is 0 Å². The lowest BCUT2D eigenvalue weighted by Gasteiger charge is -2.25. The number of rotatable bonds is 3. The summed E-state index contributed by atoms with van der Waals surface area (Å²) in [6, 6.07) is 3.15. The van der Waals surface area contributed by atoms with Gasteiger partial charge in [0.2, 0.25) is 0 Å². The van der Waals surface area contributed by atoms with E-state index in [-0.39, 0.29) is 5.91 Å². The number of primary amides is 1. The van der Waals surface area contributed by atoms with Crippen LogP contribution in [0.3, 0.4) is 0 Å². The number of imidazole rings is 1. The standard InChI is InChI=1S/C14H18N6O2/c1-18-4-2-3-11(18)13(21)16-7-10-8-19-5-6-20(14(15)22)9-12(19)17-10/h2-4,8H,5-7,9H2,1H3,(H2,15,22)(H,16,21). The third-order valence-electron chi connectivity index (χ3n) is 3.77. The predicted octanol–water partition coefficient (Wildman–Crippen LogP) is 0.0459. The molecule has 0 unspecified atom stereocenters. The van der Waals surface area contributed by atoms with Gasteiger partial charge in [0.25, 0.3) is 5.91 Å². The maximum Gasteiger partial charge on any atom is 0.315 e. The predicted molar refractivity (Wildman–Crippen MR) is 78.8 cm³/mol. The maximum atomic E-state index is 12.0. The first-order chi connectivity index (χ1) is 10.5. The molecular formula is C14H18N6O2. The molecule has 0 spiro atoms. The second kappa shape index (κ2) is 5.55. The molecule has 3 amide bonds. The second-order valence-electron chi connectivity index (χ2n) is 5.29. The normalized spacial score (nSPS) is 13.8. The number of aromatic nitrogens is 3. The van der Waals surface area contributed by atoms with Gasteiger partial charge < -0.3 is 25.1 Å². The van der Waals surface area contributed by atoms with Crippen molar-refractivity contribution in [3.8, 4) is 0 Å². The smallest absolute Gasteiger partial charge is 0.315 e. The number of hydrogen-bond acceptors (Lipinski definition) is 3. The van der Waals surface area contributed by atoms with Crippen molar-refractivity contribution >= 4 is 11.9 Å². The highest BCUT2D eigenvalue weighted by molar-refractivity contribution is 5.92. The molecule has 2 aromatic rings. The number of amides is 3. The van der Waals surface area contributed by atoms with Gasteiger partial charge in [-0.15, -0.1) is 0 Å². The molecule has 8 heteroatoms. The average Bonchev–Trinajstić information content (AvgIpc) is 3.09. The van der Waals surface area contributed by atoms with Crippen LogP contribution in [0.1, 0.15) is 22.0 Å². The lowest BCUT2D eigenvalue weighted by atomic mass is 10.4. The van der Waals surface area contributed by atoms with Crippen molar-refractivity contribution in [2.45, 2.75) is 19.6 Å². The highest BCUT2D eigenvalue weighted by atomic mass is 16.2. The van der Waals surface area contributed by atoms with Gasteiger partial charge in [0, 0.05) is 32.5 Å². The number of hydrogen-bond donors (Lipinski definition) is 2. The fourth-order valence-electron chi connectivity index (χ4n) is 2.54. The zero-order chi connectivity index (χ0) is 15.7. The van der Waals surface area contributed by atoms with Crippen LogP contribution in [-0.2, 0) is 26.7 Å². The van der Waals surface area contributed by atoms with Crippen LogP contribution < -0.4 is 11.1 Å². The monoisotopic (exact) mass is 302 g/mol. The molecule has 116 valence electrons. The van der Waals surface area contributed by atoms with Crippen molar-refractivity contribution in [2.24, 2.45) is 12.8 Å². The number of nitrogens with one attached hydrogen (secondary N) is 1. The summed E-state index contributed by atoms with van der Waals surface area (Å²) in [6.45, 7) is 1.99. The summed E-state index contributed by atoms with van der Waals surface area (Å²) in [6.07, 6.45) is 3.72. The summed E-state index contributed by atoms with van der Waals surface area (Å²) in [5.41, 5.74) is 6.66. The molecule has 22 heavy (non-hydrogen) atoms. The zero-order valence-electron chi connectivity index (χ0n) is 12.3. The lowest BCUT2D eigenvalue weighted by Crippen LogP contribution is -2.41. The van der Waals surface area contributed by atoms with Crippen LogP contribution in [0.2, 0.25) is 0 Å². The summed E-state index contributed by atoms with van der Waals surface area (Å²) in [4.78, 5) is 29.3. The number of carbonyl (C=O) groups excluding carboxylic acids is 2. The van der Waals surface area contributed by atoms with Gasteiger partial charge >= 0.3 is 6.03 Å². The van der Waals surface area contributed by atoms with Crippen molar-refractivity contribution in [1.82, 2.24) is 24.3 Å². The molecule has 3 rings (SSSR count). The molecule has 0 saturated carbocycles. The zero-order valence-corrected chi connectivity index (χ0v) is 12.3. The van der Waals surface area contributed by atoms with Crippen molar-refractivity contribution in [1.29, 1.82) is 0 Å². The lowest BCUT2D eigenvalue weighted by molar-refractivity contribution is 0.0942. The van der Waals surface area contributed by atoms with Crippen molar-refractivity contribution in [2.75, 3.05) is 6.54 Å². The Kier molecular flexibility index (Phi) is 3.58. The van der Waals surface area contributed by atoms with E-state index in [2.05, 4.69) is 10.3 Å². The largest absolute Gasteiger partial charge is 0.351 e. The van der Waals surface area contributed by atoms with E-state index in [4.69, 9.17) is 5.73 Å². The number of urea groups is 1. The molecule has 0 fully saturated rings. The number of aryl methyl sites for hydroxylation is 1. The van der Waals surface area contributed by atoms with E-state index >= 15 is 0 Å². The maximum absolute atomic E-state index is 12.0. The van der Waals surface area contributed by atoms with Gasteiger partial charge in [-0.3, -0.25) is 4.79 Å². The first-order valence-electron chi connectivity index (χ1n) is 7.03. The van der Waals surface area contributed by atoms with E-state index in [9.17, 15) is 9.59 Å². The summed E-state index contributed by atoms with van der Waals surface area (Å²) in [5.74, 6) is 0.644. The Labute approximate surface area is 127 Å². The molecule has 0 aliphatic carbocycles. The first kappa shape index (κ1) is 14.2. The molecule has 0 radical (unpaired) electrons. The third kappa shape index (κ3) is 2.67. The van der Waals surface area contributed by atoms with Crippen molar-refractivity contribution < 1.29 is 9.59 Å². The molecule has 0 atom stereocenters. The summed E-state index contributed by atoms with van der Waals surface area (Å²) in [7, 11) is 1.82. The molecule has 0 saturated heterocycles. The third-order valence-corrected chi connectivity index (χ3v) is 3.77. The quantitative estimate of drug-likeness (QED) is 0.838. The van der Waals surface area contributed by atoms with Gasteiger partial charge in [-0.1, -0.05) is 0 Å². The Morgan fingerprint density at radius 1 is 1.41 bits per heavy atom. The number of fused-ring (bicyclic) bond motifs is 1. The van der Waals surface area contributed by atoms with E-state index in [1.165, 1.54) is 0 Å². The fraction of sp³-hybridized carbons (Fsp3) is 0.357. The van der Waals surface area contributed by atoms with Crippen molar-refractivity contribution in [3.63, 3.8) is 0 Å². The average molecular weight is 302 g/mol. The van der Waals surface area contributed by atoms with Crippen LogP contribution in [0.25, 0.3) is 0 Å². The Bertz CT molecular complexity index is 717. The van der Waals surface area contributed by atoms with Crippen LogP contribution >= 0.6 is 0 Å². The number of nitrogens with zero attached hydrogens (tertiary/aromatic N) is 4. The van der Waals surface area contributed by atoms with E-state index in [1.54, 1.807) is 15.5 Å². The van der Waals surface area contributed by atoms with E-state index < -0.39 is 6.03 Å².